The van der Waals surface area contributed by atoms with Crippen LogP contribution in [-0.2, 0) is 6.61 Å². The number of rotatable bonds is 5. The third kappa shape index (κ3) is 3.50. The Kier molecular flexibility index (Phi) is 4.88. The normalized spacial score (nSPS) is 10.2. The van der Waals surface area contributed by atoms with E-state index in [-0.39, 0.29) is 12.5 Å². The van der Waals surface area contributed by atoms with E-state index in [0.717, 1.165) is 21.7 Å². The van der Waals surface area contributed by atoms with Gasteiger partial charge in [-0.1, -0.05) is 18.2 Å². The highest BCUT2D eigenvalue weighted by Gasteiger charge is 2.18. The van der Waals surface area contributed by atoms with Crippen LogP contribution >= 0.6 is 11.3 Å². The molecule has 6 heteroatoms. The summed E-state index contributed by atoms with van der Waals surface area (Å²) in [5.41, 5.74) is 3.95. The molecule has 0 radical (unpaired) electrons. The van der Waals surface area contributed by atoms with Gasteiger partial charge in [-0.25, -0.2) is 4.98 Å². The Morgan fingerprint density at radius 1 is 1.07 bits per heavy atom. The van der Waals surface area contributed by atoms with Crippen molar-refractivity contribution in [2.75, 3.05) is 0 Å². The molecule has 0 spiro atoms. The van der Waals surface area contributed by atoms with E-state index >= 15 is 0 Å². The van der Waals surface area contributed by atoms with Crippen LogP contribution in [0.25, 0.3) is 21.7 Å². The maximum Gasteiger partial charge on any atom is 0.233 e. The van der Waals surface area contributed by atoms with Crippen LogP contribution in [0, 0.1) is 22.7 Å². The summed E-state index contributed by atoms with van der Waals surface area (Å²) in [7, 11) is 0. The van der Waals surface area contributed by atoms with Crippen molar-refractivity contribution >= 4 is 11.3 Å². The fraction of sp³-hybridized carbons (Fsp3) is 0.0455. The van der Waals surface area contributed by atoms with E-state index in [1.165, 1.54) is 0 Å². The van der Waals surface area contributed by atoms with Crippen molar-refractivity contribution in [2.45, 2.75) is 6.61 Å². The van der Waals surface area contributed by atoms with Gasteiger partial charge in [0.05, 0.1) is 34.7 Å². The summed E-state index contributed by atoms with van der Waals surface area (Å²) in [4.78, 5) is 5.56. The predicted octanol–water partition coefficient (Wildman–Crippen LogP) is 5.39. The van der Waals surface area contributed by atoms with Crippen LogP contribution in [-0.4, -0.2) is 4.98 Å². The molecule has 0 aliphatic carbocycles. The van der Waals surface area contributed by atoms with Gasteiger partial charge in [-0.15, -0.1) is 11.3 Å². The lowest BCUT2D eigenvalue weighted by Gasteiger charge is -2.12. The summed E-state index contributed by atoms with van der Waals surface area (Å²) < 4.78 is 11.1. The number of pyridine rings is 1. The Bertz CT molecular complexity index is 1180. The number of hydrogen-bond acceptors (Lipinski definition) is 6. The largest absolute Gasteiger partial charge is 0.472 e. The monoisotopic (exact) mass is 383 g/mol. The van der Waals surface area contributed by atoms with Crippen LogP contribution in [0.1, 0.15) is 16.7 Å². The minimum Gasteiger partial charge on any atom is -0.472 e. The molecule has 0 aliphatic heterocycles. The van der Waals surface area contributed by atoms with E-state index in [2.05, 4.69) is 17.1 Å². The second kappa shape index (κ2) is 7.79. The first-order valence-corrected chi connectivity index (χ1v) is 9.30. The highest BCUT2D eigenvalue weighted by atomic mass is 32.1. The first kappa shape index (κ1) is 17.5. The molecule has 3 aromatic heterocycles. The molecule has 0 N–H and O–H groups in total. The van der Waals surface area contributed by atoms with E-state index < -0.39 is 0 Å². The first-order chi connectivity index (χ1) is 13.8. The average molecular weight is 383 g/mol. The fourth-order valence-corrected chi connectivity index (χ4v) is 3.50. The van der Waals surface area contributed by atoms with Crippen molar-refractivity contribution in [1.29, 1.82) is 10.5 Å². The second-order valence-corrected chi connectivity index (χ2v) is 6.88. The predicted molar refractivity (Wildman–Crippen MR) is 105 cm³/mol. The van der Waals surface area contributed by atoms with E-state index in [1.54, 1.807) is 48.1 Å². The number of furan rings is 1. The Labute approximate surface area is 165 Å². The SMILES string of the molecule is N#Cc1cccc(COc2nc(-c3cccs3)cc(-c3ccoc3)c2C#N)c1. The Morgan fingerprint density at radius 2 is 2.00 bits per heavy atom. The van der Waals surface area contributed by atoms with Crippen molar-refractivity contribution in [3.05, 3.63) is 83.1 Å². The molecular weight excluding hydrogens is 370 g/mol. The van der Waals surface area contributed by atoms with Crippen LogP contribution in [0.4, 0.5) is 0 Å². The summed E-state index contributed by atoms with van der Waals surface area (Å²) in [6.45, 7) is 0.204. The quantitative estimate of drug-likeness (QED) is 0.461. The molecule has 4 rings (SSSR count). The summed E-state index contributed by atoms with van der Waals surface area (Å²) in [6.07, 6.45) is 3.16. The van der Waals surface area contributed by atoms with Gasteiger partial charge in [-0.2, -0.15) is 10.5 Å². The smallest absolute Gasteiger partial charge is 0.233 e. The molecule has 0 bridgehead atoms. The molecule has 0 saturated heterocycles. The van der Waals surface area contributed by atoms with E-state index in [1.807, 2.05) is 29.6 Å². The van der Waals surface area contributed by atoms with Crippen molar-refractivity contribution in [3.63, 3.8) is 0 Å². The van der Waals surface area contributed by atoms with E-state index in [0.29, 0.717) is 16.7 Å². The third-order valence-electron chi connectivity index (χ3n) is 4.14. The number of thiophene rings is 1. The van der Waals surface area contributed by atoms with Gasteiger partial charge >= 0.3 is 0 Å². The Balaban J connectivity index is 1.76. The summed E-state index contributed by atoms with van der Waals surface area (Å²) in [5.74, 6) is 0.256. The van der Waals surface area contributed by atoms with Crippen LogP contribution in [0.5, 0.6) is 5.88 Å². The number of ether oxygens (including phenoxy) is 1. The maximum absolute atomic E-state index is 9.76. The lowest BCUT2D eigenvalue weighted by Crippen LogP contribution is -2.02. The zero-order valence-corrected chi connectivity index (χ0v) is 15.4. The zero-order valence-electron chi connectivity index (χ0n) is 14.6. The van der Waals surface area contributed by atoms with Crippen molar-refractivity contribution in [2.24, 2.45) is 0 Å². The Morgan fingerprint density at radius 3 is 2.71 bits per heavy atom. The molecule has 4 aromatic rings. The van der Waals surface area contributed by atoms with Gasteiger partial charge in [0.15, 0.2) is 0 Å². The molecule has 134 valence electrons. The summed E-state index contributed by atoms with van der Waals surface area (Å²) in [5, 5.41) is 20.8. The molecule has 0 saturated carbocycles. The lowest BCUT2D eigenvalue weighted by atomic mass is 10.0. The number of nitrogens with zero attached hydrogens (tertiary/aromatic N) is 3. The minimum atomic E-state index is 0.204. The van der Waals surface area contributed by atoms with Crippen LogP contribution in [0.3, 0.4) is 0 Å². The molecular formula is C22H13N3O2S. The van der Waals surface area contributed by atoms with E-state index in [4.69, 9.17) is 14.4 Å². The maximum atomic E-state index is 9.76. The van der Waals surface area contributed by atoms with Gasteiger partial charge in [0, 0.05) is 11.1 Å². The molecule has 0 aliphatic rings. The second-order valence-electron chi connectivity index (χ2n) is 5.94. The summed E-state index contributed by atoms with van der Waals surface area (Å²) in [6, 6.07) is 19.1. The van der Waals surface area contributed by atoms with E-state index in [9.17, 15) is 5.26 Å². The van der Waals surface area contributed by atoms with Crippen LogP contribution < -0.4 is 4.74 Å². The van der Waals surface area contributed by atoms with Crippen molar-refractivity contribution in [1.82, 2.24) is 4.98 Å². The van der Waals surface area contributed by atoms with Crippen molar-refractivity contribution < 1.29 is 9.15 Å². The standard InChI is InChI=1S/C22H13N3O2S/c23-11-15-3-1-4-16(9-15)13-27-22-19(12-24)18(17-6-7-26-14-17)10-20(25-22)21-5-2-8-28-21/h1-10,14H,13H2. The van der Waals surface area contributed by atoms with Crippen LogP contribution in [0.15, 0.2) is 70.9 Å². The number of aromatic nitrogens is 1. The molecule has 0 unspecified atom stereocenters. The number of hydrogen-bond donors (Lipinski definition) is 0. The lowest BCUT2D eigenvalue weighted by molar-refractivity contribution is 0.293. The number of nitriles is 2. The first-order valence-electron chi connectivity index (χ1n) is 8.42. The minimum absolute atomic E-state index is 0.204. The van der Waals surface area contributed by atoms with Crippen LogP contribution in [0.2, 0.25) is 0 Å². The van der Waals surface area contributed by atoms with Gasteiger partial charge in [0.1, 0.15) is 18.2 Å². The molecule has 28 heavy (non-hydrogen) atoms. The topological polar surface area (TPSA) is 82.8 Å². The summed E-state index contributed by atoms with van der Waals surface area (Å²) >= 11 is 1.56. The van der Waals surface area contributed by atoms with Gasteiger partial charge in [0.25, 0.3) is 0 Å². The molecule has 1 aromatic carbocycles. The number of benzene rings is 1. The Hall–Kier alpha value is -3.87. The molecule has 0 atom stereocenters. The highest BCUT2D eigenvalue weighted by molar-refractivity contribution is 7.13. The van der Waals surface area contributed by atoms with Gasteiger partial charge in [-0.3, -0.25) is 0 Å². The average Bonchev–Trinajstić information content (AvgIpc) is 3.46. The third-order valence-corrected chi connectivity index (χ3v) is 5.03. The highest BCUT2D eigenvalue weighted by Crippen LogP contribution is 2.35. The molecule has 3 heterocycles. The van der Waals surface area contributed by atoms with Gasteiger partial charge in [-0.05, 0) is 41.3 Å². The molecule has 5 nitrogen and oxygen atoms in total. The van der Waals surface area contributed by atoms with Gasteiger partial charge in [0.2, 0.25) is 5.88 Å². The van der Waals surface area contributed by atoms with Gasteiger partial charge < -0.3 is 9.15 Å². The zero-order chi connectivity index (χ0) is 19.3. The molecule has 0 fully saturated rings. The fourth-order valence-electron chi connectivity index (χ4n) is 2.81. The molecule has 0 amide bonds. The van der Waals surface area contributed by atoms with Crippen molar-refractivity contribution in [3.8, 4) is 39.7 Å².